The molecule has 0 aromatic carbocycles. The van der Waals surface area contributed by atoms with Gasteiger partial charge in [-0.2, -0.15) is 4.98 Å². The van der Waals surface area contributed by atoms with E-state index in [-0.39, 0.29) is 0 Å². The van der Waals surface area contributed by atoms with Crippen molar-refractivity contribution in [1.29, 1.82) is 0 Å². The van der Waals surface area contributed by atoms with E-state index >= 15 is 0 Å². The van der Waals surface area contributed by atoms with Gasteiger partial charge in [0.05, 0.1) is 12.8 Å². The van der Waals surface area contributed by atoms with Crippen LogP contribution >= 0.6 is 0 Å². The maximum atomic E-state index is 11.1. The van der Waals surface area contributed by atoms with E-state index < -0.39 is 10.0 Å². The van der Waals surface area contributed by atoms with Gasteiger partial charge in [-0.25, -0.2) is 13.1 Å². The maximum absolute atomic E-state index is 11.1. The van der Waals surface area contributed by atoms with Gasteiger partial charge in [0.1, 0.15) is 0 Å². The summed E-state index contributed by atoms with van der Waals surface area (Å²) in [5.41, 5.74) is 0. The first-order chi connectivity index (χ1) is 8.92. The van der Waals surface area contributed by atoms with Crippen LogP contribution in [-0.4, -0.2) is 49.3 Å². The molecule has 1 aliphatic rings. The molecule has 0 amide bonds. The van der Waals surface area contributed by atoms with Crippen LogP contribution in [0.15, 0.2) is 4.52 Å². The average Bonchev–Trinajstić information content (AvgIpc) is 2.72. The predicted octanol–water partition coefficient (Wildman–Crippen LogP) is 0.139. The SMILES string of the molecule is Cc1noc(CN2CCCC(CNS(C)(=O)=O)C2)n1. The number of hydrogen-bond acceptors (Lipinski definition) is 6. The number of sulfonamides is 1. The molecule has 1 aliphatic heterocycles. The molecule has 1 fully saturated rings. The van der Waals surface area contributed by atoms with Crippen LogP contribution in [0.3, 0.4) is 0 Å². The number of piperidine rings is 1. The zero-order valence-corrected chi connectivity index (χ0v) is 12.1. The summed E-state index contributed by atoms with van der Waals surface area (Å²) in [4.78, 5) is 6.41. The molecule has 0 spiro atoms. The molecule has 0 bridgehead atoms. The van der Waals surface area contributed by atoms with Crippen LogP contribution in [0, 0.1) is 12.8 Å². The van der Waals surface area contributed by atoms with Gasteiger partial charge in [0.25, 0.3) is 0 Å². The Labute approximate surface area is 113 Å². The smallest absolute Gasteiger partial charge is 0.240 e. The molecule has 108 valence electrons. The summed E-state index contributed by atoms with van der Waals surface area (Å²) in [6.45, 7) is 4.76. The Morgan fingerprint density at radius 2 is 2.32 bits per heavy atom. The Bertz CT molecular complexity index is 514. The van der Waals surface area contributed by atoms with Crippen molar-refractivity contribution in [3.8, 4) is 0 Å². The van der Waals surface area contributed by atoms with Crippen molar-refractivity contribution in [1.82, 2.24) is 19.8 Å². The Kier molecular flexibility index (Phi) is 4.54. The zero-order valence-electron chi connectivity index (χ0n) is 11.3. The minimum atomic E-state index is -3.11. The molecule has 1 unspecified atom stereocenters. The van der Waals surface area contributed by atoms with Gasteiger partial charge < -0.3 is 4.52 Å². The van der Waals surface area contributed by atoms with Crippen LogP contribution in [0.5, 0.6) is 0 Å². The molecule has 0 radical (unpaired) electrons. The summed E-state index contributed by atoms with van der Waals surface area (Å²) in [5, 5.41) is 3.77. The van der Waals surface area contributed by atoms with Gasteiger partial charge in [-0.05, 0) is 32.2 Å². The van der Waals surface area contributed by atoms with Crippen molar-refractivity contribution in [3.05, 3.63) is 11.7 Å². The van der Waals surface area contributed by atoms with E-state index in [1.54, 1.807) is 6.92 Å². The third-order valence-electron chi connectivity index (χ3n) is 3.17. The van der Waals surface area contributed by atoms with Gasteiger partial charge in [0.2, 0.25) is 15.9 Å². The lowest BCUT2D eigenvalue weighted by molar-refractivity contribution is 0.151. The standard InChI is InChI=1S/C11H20N4O3S/c1-9-13-11(18-14-9)8-15-5-3-4-10(7-15)6-12-19(2,16)17/h10,12H,3-8H2,1-2H3. The monoisotopic (exact) mass is 288 g/mol. The maximum Gasteiger partial charge on any atom is 0.240 e. The second kappa shape index (κ2) is 5.98. The largest absolute Gasteiger partial charge is 0.338 e. The zero-order chi connectivity index (χ0) is 13.9. The van der Waals surface area contributed by atoms with E-state index in [1.807, 2.05) is 0 Å². The molecule has 1 N–H and O–H groups in total. The van der Waals surface area contributed by atoms with Gasteiger partial charge in [0, 0.05) is 13.1 Å². The second-order valence-electron chi connectivity index (χ2n) is 5.10. The van der Waals surface area contributed by atoms with Crippen LogP contribution in [-0.2, 0) is 16.6 Å². The predicted molar refractivity (Wildman–Crippen MR) is 69.9 cm³/mol. The van der Waals surface area contributed by atoms with E-state index in [0.29, 0.717) is 30.7 Å². The molecule has 8 heteroatoms. The van der Waals surface area contributed by atoms with Crippen molar-refractivity contribution >= 4 is 10.0 Å². The highest BCUT2D eigenvalue weighted by Gasteiger charge is 2.22. The lowest BCUT2D eigenvalue weighted by Crippen LogP contribution is -2.40. The first-order valence-electron chi connectivity index (χ1n) is 6.38. The third-order valence-corrected chi connectivity index (χ3v) is 3.86. The number of aromatic nitrogens is 2. The van der Waals surface area contributed by atoms with Gasteiger partial charge in [-0.3, -0.25) is 4.90 Å². The molecule has 0 aliphatic carbocycles. The van der Waals surface area contributed by atoms with Crippen molar-refractivity contribution in [2.24, 2.45) is 5.92 Å². The highest BCUT2D eigenvalue weighted by atomic mass is 32.2. The lowest BCUT2D eigenvalue weighted by atomic mass is 9.98. The molecule has 1 aromatic heterocycles. The van der Waals surface area contributed by atoms with Gasteiger partial charge in [-0.15, -0.1) is 0 Å². The quantitative estimate of drug-likeness (QED) is 0.829. The number of nitrogens with zero attached hydrogens (tertiary/aromatic N) is 3. The van der Waals surface area contributed by atoms with E-state index in [9.17, 15) is 8.42 Å². The highest BCUT2D eigenvalue weighted by molar-refractivity contribution is 7.88. The Morgan fingerprint density at radius 3 is 2.95 bits per heavy atom. The normalized spacial score (nSPS) is 21.7. The van der Waals surface area contributed by atoms with Crippen LogP contribution in [0.2, 0.25) is 0 Å². The third kappa shape index (κ3) is 4.88. The van der Waals surface area contributed by atoms with Gasteiger partial charge >= 0.3 is 0 Å². The summed E-state index contributed by atoms with van der Waals surface area (Å²) >= 11 is 0. The number of aryl methyl sites for hydroxylation is 1. The van der Waals surface area contributed by atoms with Crippen molar-refractivity contribution < 1.29 is 12.9 Å². The van der Waals surface area contributed by atoms with Crippen molar-refractivity contribution in [2.75, 3.05) is 25.9 Å². The van der Waals surface area contributed by atoms with Gasteiger partial charge in [-0.1, -0.05) is 5.16 Å². The molecular formula is C11H20N4O3S. The van der Waals surface area contributed by atoms with Crippen molar-refractivity contribution in [3.63, 3.8) is 0 Å². The Balaban J connectivity index is 1.83. The van der Waals surface area contributed by atoms with Gasteiger partial charge in [0.15, 0.2) is 5.82 Å². The molecule has 0 saturated carbocycles. The van der Waals surface area contributed by atoms with Crippen LogP contribution < -0.4 is 4.72 Å². The van der Waals surface area contributed by atoms with E-state index in [4.69, 9.17) is 4.52 Å². The summed E-state index contributed by atoms with van der Waals surface area (Å²) in [5.74, 6) is 1.60. The van der Waals surface area contributed by atoms with E-state index in [2.05, 4.69) is 19.8 Å². The van der Waals surface area contributed by atoms with Crippen LogP contribution in [0.4, 0.5) is 0 Å². The van der Waals surface area contributed by atoms with E-state index in [1.165, 1.54) is 6.26 Å². The fourth-order valence-corrected chi connectivity index (χ4v) is 2.86. The fourth-order valence-electron chi connectivity index (χ4n) is 2.33. The fraction of sp³-hybridized carbons (Fsp3) is 0.818. The first-order valence-corrected chi connectivity index (χ1v) is 8.28. The summed E-state index contributed by atoms with van der Waals surface area (Å²) in [6.07, 6.45) is 3.29. The molecule has 2 heterocycles. The highest BCUT2D eigenvalue weighted by Crippen LogP contribution is 2.17. The van der Waals surface area contributed by atoms with Crippen LogP contribution in [0.25, 0.3) is 0 Å². The first kappa shape index (κ1) is 14.4. The summed E-state index contributed by atoms with van der Waals surface area (Å²) < 4.78 is 29.9. The Morgan fingerprint density at radius 1 is 1.53 bits per heavy atom. The number of hydrogen-bond donors (Lipinski definition) is 1. The molecule has 7 nitrogen and oxygen atoms in total. The molecule has 1 atom stereocenters. The molecule has 1 aromatic rings. The summed E-state index contributed by atoms with van der Waals surface area (Å²) in [6, 6.07) is 0. The second-order valence-corrected chi connectivity index (χ2v) is 6.93. The number of nitrogens with one attached hydrogen (secondary N) is 1. The van der Waals surface area contributed by atoms with E-state index in [0.717, 1.165) is 25.9 Å². The number of rotatable bonds is 5. The number of likely N-dealkylation sites (tertiary alicyclic amines) is 1. The van der Waals surface area contributed by atoms with Crippen LogP contribution in [0.1, 0.15) is 24.6 Å². The molecule has 2 rings (SSSR count). The van der Waals surface area contributed by atoms with Crippen molar-refractivity contribution in [2.45, 2.75) is 26.3 Å². The Hall–Kier alpha value is -0.990. The minimum Gasteiger partial charge on any atom is -0.338 e. The topological polar surface area (TPSA) is 88.3 Å². The minimum absolute atomic E-state index is 0.340. The molecule has 1 saturated heterocycles. The molecule has 19 heavy (non-hydrogen) atoms. The average molecular weight is 288 g/mol. The molecular weight excluding hydrogens is 268 g/mol. The summed E-state index contributed by atoms with van der Waals surface area (Å²) in [7, 11) is -3.11. The lowest BCUT2D eigenvalue weighted by Gasteiger charge is -2.31.